The van der Waals surface area contributed by atoms with Gasteiger partial charge in [-0.3, -0.25) is 9.59 Å². The normalized spacial score (nSPS) is 12.8. The number of halogens is 2. The van der Waals surface area contributed by atoms with E-state index in [2.05, 4.69) is 10.6 Å². The largest absolute Gasteiger partial charge is 0.497 e. The molecule has 144 valence electrons. The van der Waals surface area contributed by atoms with Crippen molar-refractivity contribution in [3.05, 3.63) is 52.5 Å². The van der Waals surface area contributed by atoms with E-state index in [4.69, 9.17) is 27.9 Å². The summed E-state index contributed by atoms with van der Waals surface area (Å²) < 4.78 is 5.13. The van der Waals surface area contributed by atoms with Gasteiger partial charge in [0.05, 0.1) is 24.9 Å². The summed E-state index contributed by atoms with van der Waals surface area (Å²) in [6, 6.07) is 11.4. The number of likely N-dealkylation sites (N-methyl/N-ethyl adjacent to an activating group) is 1. The number of anilines is 2. The van der Waals surface area contributed by atoms with Gasteiger partial charge in [0.2, 0.25) is 0 Å². The molecule has 0 fully saturated rings. The van der Waals surface area contributed by atoms with Gasteiger partial charge in [-0.1, -0.05) is 29.3 Å². The maximum Gasteiger partial charge on any atom is 0.282 e. The molecule has 3 N–H and O–H groups in total. The molecule has 0 saturated heterocycles. The maximum absolute atomic E-state index is 12.5. The van der Waals surface area contributed by atoms with E-state index in [1.165, 1.54) is 0 Å². The lowest BCUT2D eigenvalue weighted by Gasteiger charge is -2.21. The standard InChI is InChI=1S/C19H21Cl2N3O3/c1-12(19(26)23-17-9-13(20)7-8-16(17)21)24(2)11-18(25)22-14-5-4-6-15(10-14)27-3/h4-10,12H,11H2,1-3H3,(H,22,25)(H,23,26)/p+1/t12-/m1/s1. The van der Waals surface area contributed by atoms with Gasteiger partial charge in [0.1, 0.15) is 5.75 Å². The lowest BCUT2D eigenvalue weighted by molar-refractivity contribution is -0.885. The number of ether oxygens (including phenoxy) is 1. The summed E-state index contributed by atoms with van der Waals surface area (Å²) >= 11 is 12.0. The van der Waals surface area contributed by atoms with E-state index < -0.39 is 6.04 Å². The third-order valence-electron chi connectivity index (χ3n) is 4.11. The molecule has 2 amide bonds. The Morgan fingerprint density at radius 1 is 1.15 bits per heavy atom. The van der Waals surface area contributed by atoms with E-state index in [0.29, 0.717) is 27.2 Å². The molecule has 2 aromatic carbocycles. The number of nitrogens with one attached hydrogen (secondary N) is 3. The van der Waals surface area contributed by atoms with Gasteiger partial charge in [-0.2, -0.15) is 0 Å². The first-order chi connectivity index (χ1) is 12.8. The van der Waals surface area contributed by atoms with E-state index in [0.717, 1.165) is 4.90 Å². The van der Waals surface area contributed by atoms with Crippen molar-refractivity contribution in [2.45, 2.75) is 13.0 Å². The van der Waals surface area contributed by atoms with E-state index in [9.17, 15) is 9.59 Å². The zero-order chi connectivity index (χ0) is 20.0. The first-order valence-corrected chi connectivity index (χ1v) is 9.08. The molecule has 0 aliphatic heterocycles. The summed E-state index contributed by atoms with van der Waals surface area (Å²) in [7, 11) is 3.33. The molecular formula is C19H22Cl2N3O3+. The summed E-state index contributed by atoms with van der Waals surface area (Å²) in [6.45, 7) is 1.86. The van der Waals surface area contributed by atoms with Crippen LogP contribution in [0.2, 0.25) is 10.0 Å². The van der Waals surface area contributed by atoms with Crippen LogP contribution in [0.5, 0.6) is 5.75 Å². The van der Waals surface area contributed by atoms with Gasteiger partial charge in [-0.25, -0.2) is 0 Å². The van der Waals surface area contributed by atoms with Gasteiger partial charge in [-0.15, -0.1) is 0 Å². The minimum absolute atomic E-state index is 0.120. The Morgan fingerprint density at radius 3 is 2.59 bits per heavy atom. The van der Waals surface area contributed by atoms with Crippen molar-refractivity contribution in [1.82, 2.24) is 0 Å². The molecule has 0 heterocycles. The zero-order valence-electron chi connectivity index (χ0n) is 15.3. The molecule has 0 aromatic heterocycles. The number of amides is 2. The minimum Gasteiger partial charge on any atom is -0.497 e. The predicted molar refractivity (Wildman–Crippen MR) is 108 cm³/mol. The number of hydrogen-bond donors (Lipinski definition) is 3. The van der Waals surface area contributed by atoms with E-state index in [-0.39, 0.29) is 18.4 Å². The summed E-state index contributed by atoms with van der Waals surface area (Å²) in [5, 5.41) is 6.41. The fraction of sp³-hybridized carbons (Fsp3) is 0.263. The highest BCUT2D eigenvalue weighted by Crippen LogP contribution is 2.25. The molecule has 0 saturated carbocycles. The lowest BCUT2D eigenvalue weighted by Crippen LogP contribution is -3.14. The highest BCUT2D eigenvalue weighted by molar-refractivity contribution is 6.35. The Labute approximate surface area is 168 Å². The third-order valence-corrected chi connectivity index (χ3v) is 4.68. The molecule has 27 heavy (non-hydrogen) atoms. The second kappa shape index (κ2) is 9.60. The summed E-state index contributed by atoms with van der Waals surface area (Å²) in [5.41, 5.74) is 1.07. The average molecular weight is 411 g/mol. The lowest BCUT2D eigenvalue weighted by atomic mass is 10.2. The zero-order valence-corrected chi connectivity index (χ0v) is 16.8. The Hall–Kier alpha value is -2.28. The average Bonchev–Trinajstić information content (AvgIpc) is 2.63. The predicted octanol–water partition coefficient (Wildman–Crippen LogP) is 2.48. The number of hydrogen-bond acceptors (Lipinski definition) is 3. The number of rotatable bonds is 7. The molecule has 0 spiro atoms. The quantitative estimate of drug-likeness (QED) is 0.656. The summed E-state index contributed by atoms with van der Waals surface area (Å²) in [6.07, 6.45) is 0. The molecular weight excluding hydrogens is 389 g/mol. The number of carbonyl (C=O) groups is 2. The number of methoxy groups -OCH3 is 1. The van der Waals surface area contributed by atoms with Crippen molar-refractivity contribution in [2.75, 3.05) is 31.3 Å². The van der Waals surface area contributed by atoms with Gasteiger partial charge in [0.25, 0.3) is 11.8 Å². The van der Waals surface area contributed by atoms with Crippen molar-refractivity contribution in [3.63, 3.8) is 0 Å². The highest BCUT2D eigenvalue weighted by atomic mass is 35.5. The Kier molecular flexibility index (Phi) is 7.47. The van der Waals surface area contributed by atoms with Crippen LogP contribution in [0, 0.1) is 0 Å². The van der Waals surface area contributed by atoms with Crippen LogP contribution in [-0.2, 0) is 9.59 Å². The number of carbonyl (C=O) groups excluding carboxylic acids is 2. The Bertz CT molecular complexity index is 830. The van der Waals surface area contributed by atoms with Crippen LogP contribution >= 0.6 is 23.2 Å². The molecule has 6 nitrogen and oxygen atoms in total. The van der Waals surface area contributed by atoms with Crippen LogP contribution in [-0.4, -0.2) is 38.6 Å². The molecule has 8 heteroatoms. The van der Waals surface area contributed by atoms with E-state index in [1.54, 1.807) is 63.5 Å². The Morgan fingerprint density at radius 2 is 1.89 bits per heavy atom. The third kappa shape index (κ3) is 6.13. The highest BCUT2D eigenvalue weighted by Gasteiger charge is 2.24. The molecule has 1 unspecified atom stereocenters. The van der Waals surface area contributed by atoms with Gasteiger partial charge in [0, 0.05) is 16.8 Å². The van der Waals surface area contributed by atoms with Crippen LogP contribution in [0.4, 0.5) is 11.4 Å². The first kappa shape index (κ1) is 21.0. The van der Waals surface area contributed by atoms with Crippen LogP contribution in [0.1, 0.15) is 6.92 Å². The fourth-order valence-electron chi connectivity index (χ4n) is 2.37. The van der Waals surface area contributed by atoms with Crippen LogP contribution in [0.25, 0.3) is 0 Å². The number of quaternary nitrogens is 1. The molecule has 0 aliphatic carbocycles. The topological polar surface area (TPSA) is 71.9 Å². The molecule has 0 aliphatic rings. The van der Waals surface area contributed by atoms with Gasteiger partial charge in [-0.05, 0) is 37.3 Å². The molecule has 2 aromatic rings. The monoisotopic (exact) mass is 410 g/mol. The van der Waals surface area contributed by atoms with Crippen LogP contribution in [0.3, 0.4) is 0 Å². The number of benzene rings is 2. The van der Waals surface area contributed by atoms with E-state index >= 15 is 0 Å². The van der Waals surface area contributed by atoms with Gasteiger partial charge >= 0.3 is 0 Å². The van der Waals surface area contributed by atoms with Crippen molar-refractivity contribution >= 4 is 46.4 Å². The van der Waals surface area contributed by atoms with Crippen LogP contribution < -0.4 is 20.3 Å². The second-order valence-corrected chi connectivity index (χ2v) is 6.98. The molecule has 2 atom stereocenters. The second-order valence-electron chi connectivity index (χ2n) is 6.14. The fourth-order valence-corrected chi connectivity index (χ4v) is 2.71. The van der Waals surface area contributed by atoms with Gasteiger partial charge in [0.15, 0.2) is 12.6 Å². The summed E-state index contributed by atoms with van der Waals surface area (Å²) in [5.74, 6) is 0.187. The van der Waals surface area contributed by atoms with Crippen molar-refractivity contribution in [3.8, 4) is 5.75 Å². The van der Waals surface area contributed by atoms with Crippen molar-refractivity contribution < 1.29 is 19.2 Å². The smallest absolute Gasteiger partial charge is 0.282 e. The van der Waals surface area contributed by atoms with Crippen molar-refractivity contribution in [1.29, 1.82) is 0 Å². The van der Waals surface area contributed by atoms with Gasteiger partial charge < -0.3 is 20.3 Å². The molecule has 0 bridgehead atoms. The molecule has 0 radical (unpaired) electrons. The van der Waals surface area contributed by atoms with Crippen LogP contribution in [0.15, 0.2) is 42.5 Å². The minimum atomic E-state index is -0.476. The Balaban J connectivity index is 1.93. The van der Waals surface area contributed by atoms with Crippen molar-refractivity contribution in [2.24, 2.45) is 0 Å². The first-order valence-electron chi connectivity index (χ1n) is 8.32. The summed E-state index contributed by atoms with van der Waals surface area (Å²) in [4.78, 5) is 25.5. The van der Waals surface area contributed by atoms with E-state index in [1.807, 2.05) is 0 Å². The maximum atomic E-state index is 12.5. The molecule has 2 rings (SSSR count). The SMILES string of the molecule is COc1cccc(NC(=O)C[NH+](C)[C@H](C)C(=O)Nc2cc(Cl)ccc2Cl)c1.